The van der Waals surface area contributed by atoms with Crippen molar-refractivity contribution in [3.05, 3.63) is 112 Å². The van der Waals surface area contributed by atoms with Gasteiger partial charge in [0.05, 0.1) is 11.4 Å². The van der Waals surface area contributed by atoms with E-state index in [0.717, 1.165) is 41.5 Å². The molecule has 3 aromatic carbocycles. The quantitative estimate of drug-likeness (QED) is 0.363. The summed E-state index contributed by atoms with van der Waals surface area (Å²) in [5.41, 5.74) is 7.40. The maximum absolute atomic E-state index is 6.24. The minimum absolute atomic E-state index is 0.263. The zero-order chi connectivity index (χ0) is 21.9. The molecule has 0 atom stereocenters. The Kier molecular flexibility index (Phi) is 6.00. The number of fused-ring (bicyclic) bond motifs is 1. The second kappa shape index (κ2) is 9.22. The Labute approximate surface area is 195 Å². The van der Waals surface area contributed by atoms with Crippen LogP contribution in [0.3, 0.4) is 0 Å². The molecule has 4 aromatic rings. The fourth-order valence-corrected chi connectivity index (χ4v) is 4.99. The van der Waals surface area contributed by atoms with Gasteiger partial charge < -0.3 is 5.32 Å². The molecule has 0 amide bonds. The summed E-state index contributed by atoms with van der Waals surface area (Å²) < 4.78 is 2.11. The summed E-state index contributed by atoms with van der Waals surface area (Å²) in [6.07, 6.45) is 4.28. The number of aryl methyl sites for hydroxylation is 1. The van der Waals surface area contributed by atoms with Crippen LogP contribution in [0, 0.1) is 6.92 Å². The van der Waals surface area contributed by atoms with Crippen LogP contribution in [0.4, 0.5) is 5.82 Å². The molecule has 0 bridgehead atoms. The second-order valence-corrected chi connectivity index (χ2v) is 9.01. The van der Waals surface area contributed by atoms with Crippen molar-refractivity contribution in [3.63, 3.8) is 0 Å². The lowest BCUT2D eigenvalue weighted by atomic mass is 9.86. The van der Waals surface area contributed by atoms with E-state index in [1.165, 1.54) is 35.2 Å². The third-order valence-corrected chi connectivity index (χ3v) is 6.64. The Bertz CT molecular complexity index is 1160. The van der Waals surface area contributed by atoms with Gasteiger partial charge in [-0.15, -0.1) is 0 Å². The zero-order valence-corrected chi connectivity index (χ0v) is 19.1. The number of nitrogens with zero attached hydrogens (tertiary/aromatic N) is 2. The normalized spacial score (nSPS) is 13.5. The topological polar surface area (TPSA) is 29.9 Å². The van der Waals surface area contributed by atoms with Crippen LogP contribution in [-0.2, 0) is 12.8 Å². The van der Waals surface area contributed by atoms with Gasteiger partial charge in [0, 0.05) is 29.5 Å². The summed E-state index contributed by atoms with van der Waals surface area (Å²) in [5, 5.41) is 9.63. The molecule has 1 aliphatic rings. The predicted octanol–water partition coefficient (Wildman–Crippen LogP) is 6.96. The van der Waals surface area contributed by atoms with E-state index in [2.05, 4.69) is 83.7 Å². The Balaban J connectivity index is 1.61. The first-order valence-electron chi connectivity index (χ1n) is 11.4. The monoisotopic (exact) mass is 441 g/mol. The van der Waals surface area contributed by atoms with Gasteiger partial charge in [0.1, 0.15) is 5.82 Å². The van der Waals surface area contributed by atoms with Gasteiger partial charge in [0.25, 0.3) is 0 Å². The van der Waals surface area contributed by atoms with Crippen molar-refractivity contribution in [2.45, 2.75) is 38.5 Å². The lowest BCUT2D eigenvalue weighted by Crippen LogP contribution is -2.09. The molecule has 0 saturated heterocycles. The number of halogens is 1. The second-order valence-electron chi connectivity index (χ2n) is 8.58. The first-order chi connectivity index (χ1) is 15.7. The van der Waals surface area contributed by atoms with Crippen LogP contribution < -0.4 is 5.32 Å². The van der Waals surface area contributed by atoms with Crippen molar-refractivity contribution in [2.24, 2.45) is 0 Å². The van der Waals surface area contributed by atoms with Crippen LogP contribution in [0.5, 0.6) is 0 Å². The minimum atomic E-state index is 0.263. The maximum Gasteiger partial charge on any atom is 0.133 e. The Hall–Kier alpha value is -3.04. The molecule has 32 heavy (non-hydrogen) atoms. The molecule has 0 saturated carbocycles. The van der Waals surface area contributed by atoms with E-state index in [4.69, 9.17) is 16.7 Å². The molecule has 2 heterocycles. The van der Waals surface area contributed by atoms with Gasteiger partial charge >= 0.3 is 0 Å². The molecule has 0 aliphatic carbocycles. The lowest BCUT2D eigenvalue weighted by Gasteiger charge is -2.18. The average molecular weight is 442 g/mol. The van der Waals surface area contributed by atoms with Gasteiger partial charge in [-0.25, -0.2) is 4.68 Å². The smallest absolute Gasteiger partial charge is 0.133 e. The van der Waals surface area contributed by atoms with Crippen LogP contribution in [0.25, 0.3) is 5.69 Å². The van der Waals surface area contributed by atoms with Crippen LogP contribution >= 0.6 is 11.6 Å². The third kappa shape index (κ3) is 4.18. The summed E-state index contributed by atoms with van der Waals surface area (Å²) in [4.78, 5) is 0. The molecule has 0 radical (unpaired) electrons. The molecule has 4 heteroatoms. The number of benzene rings is 3. The molecule has 1 N–H and O–H groups in total. The molecule has 0 spiro atoms. The summed E-state index contributed by atoms with van der Waals surface area (Å²) in [6.45, 7) is 3.08. The molecular weight excluding hydrogens is 414 g/mol. The van der Waals surface area contributed by atoms with E-state index in [0.29, 0.717) is 0 Å². The van der Waals surface area contributed by atoms with Crippen LogP contribution in [0.1, 0.15) is 46.7 Å². The van der Waals surface area contributed by atoms with Gasteiger partial charge in [-0.1, -0.05) is 72.3 Å². The number of anilines is 1. The molecule has 0 fully saturated rings. The maximum atomic E-state index is 6.24. The van der Waals surface area contributed by atoms with Crippen molar-refractivity contribution < 1.29 is 0 Å². The van der Waals surface area contributed by atoms with Crippen molar-refractivity contribution in [1.29, 1.82) is 0 Å². The molecule has 5 rings (SSSR count). The van der Waals surface area contributed by atoms with E-state index < -0.39 is 0 Å². The van der Waals surface area contributed by atoms with E-state index in [1.54, 1.807) is 0 Å². The molecular formula is C28H28ClN3. The highest BCUT2D eigenvalue weighted by atomic mass is 35.5. The van der Waals surface area contributed by atoms with E-state index >= 15 is 0 Å². The predicted molar refractivity (Wildman–Crippen MR) is 133 cm³/mol. The van der Waals surface area contributed by atoms with Crippen molar-refractivity contribution in [2.75, 3.05) is 11.9 Å². The number of rotatable bonds is 5. The number of hydrogen-bond donors (Lipinski definition) is 1. The van der Waals surface area contributed by atoms with Crippen LogP contribution in [0.15, 0.2) is 78.9 Å². The van der Waals surface area contributed by atoms with Gasteiger partial charge in [-0.05, 0) is 61.1 Å². The Morgan fingerprint density at radius 2 is 1.62 bits per heavy atom. The van der Waals surface area contributed by atoms with Crippen LogP contribution in [0.2, 0.25) is 5.02 Å². The lowest BCUT2D eigenvalue weighted by molar-refractivity contribution is 0.726. The summed E-state index contributed by atoms with van der Waals surface area (Å²) >= 11 is 6.24. The highest BCUT2D eigenvalue weighted by molar-refractivity contribution is 6.30. The summed E-state index contributed by atoms with van der Waals surface area (Å²) in [5.74, 6) is 1.40. The molecule has 1 aliphatic heterocycles. The van der Waals surface area contributed by atoms with E-state index in [-0.39, 0.29) is 5.92 Å². The summed E-state index contributed by atoms with van der Waals surface area (Å²) in [7, 11) is 0. The molecule has 3 nitrogen and oxygen atoms in total. The van der Waals surface area contributed by atoms with Crippen LogP contribution in [-0.4, -0.2) is 16.3 Å². The third-order valence-electron chi connectivity index (χ3n) is 6.40. The first kappa shape index (κ1) is 20.8. The first-order valence-corrected chi connectivity index (χ1v) is 11.8. The Morgan fingerprint density at radius 1 is 0.938 bits per heavy atom. The van der Waals surface area contributed by atoms with E-state index in [9.17, 15) is 0 Å². The number of hydrogen-bond acceptors (Lipinski definition) is 2. The number of aromatic nitrogens is 2. The molecule has 162 valence electrons. The summed E-state index contributed by atoms with van der Waals surface area (Å²) in [6, 6.07) is 27.6. The number of nitrogens with one attached hydrogen (secondary N) is 1. The SMILES string of the molecule is Cc1cc(Cl)ccc1-n1nc(CC(c2ccccc2)c2ccccc2)c2c1NCCCC2. The highest BCUT2D eigenvalue weighted by Gasteiger charge is 2.25. The Morgan fingerprint density at radius 3 is 2.28 bits per heavy atom. The average Bonchev–Trinajstić information content (AvgIpc) is 2.98. The van der Waals surface area contributed by atoms with Gasteiger partial charge in [0.2, 0.25) is 0 Å². The van der Waals surface area contributed by atoms with E-state index in [1.807, 2.05) is 12.1 Å². The molecule has 1 aromatic heterocycles. The fourth-order valence-electron chi connectivity index (χ4n) is 4.76. The standard InChI is InChI=1S/C28H28ClN3/c1-20-18-23(29)15-16-27(20)32-28-24(14-8-9-17-30-28)26(31-32)19-25(21-10-4-2-5-11-21)22-12-6-3-7-13-22/h2-7,10-13,15-16,18,25,30H,8-9,14,17,19H2,1H3. The van der Waals surface area contributed by atoms with Crippen molar-refractivity contribution >= 4 is 17.4 Å². The van der Waals surface area contributed by atoms with Gasteiger partial charge in [-0.3, -0.25) is 0 Å². The highest BCUT2D eigenvalue weighted by Crippen LogP contribution is 2.35. The van der Waals surface area contributed by atoms with Crippen molar-refractivity contribution in [3.8, 4) is 5.69 Å². The zero-order valence-electron chi connectivity index (χ0n) is 18.4. The van der Waals surface area contributed by atoms with Gasteiger partial charge in [-0.2, -0.15) is 5.10 Å². The van der Waals surface area contributed by atoms with Crippen molar-refractivity contribution in [1.82, 2.24) is 9.78 Å². The largest absolute Gasteiger partial charge is 0.370 e. The fraction of sp³-hybridized carbons (Fsp3) is 0.250. The minimum Gasteiger partial charge on any atom is -0.370 e. The molecule has 0 unspecified atom stereocenters. The van der Waals surface area contributed by atoms with Gasteiger partial charge in [0.15, 0.2) is 0 Å².